The summed E-state index contributed by atoms with van der Waals surface area (Å²) in [6, 6.07) is 6.73. The van der Waals surface area contributed by atoms with Gasteiger partial charge in [0.1, 0.15) is 0 Å². The molecule has 0 radical (unpaired) electrons. The highest BCUT2D eigenvalue weighted by molar-refractivity contribution is 5.94. The van der Waals surface area contributed by atoms with Crippen LogP contribution in [0, 0.1) is 0 Å². The molecule has 1 amide bonds. The maximum absolute atomic E-state index is 12.9. The molecule has 114 valence electrons. The normalized spacial score (nSPS) is 19.1. The van der Waals surface area contributed by atoms with Crippen molar-refractivity contribution in [1.82, 2.24) is 10.2 Å². The molecule has 1 aliphatic heterocycles. The average Bonchev–Trinajstić information content (AvgIpc) is 2.56. The van der Waals surface area contributed by atoms with Crippen LogP contribution in [0.25, 0.3) is 0 Å². The Kier molecular flexibility index (Phi) is 4.59. The van der Waals surface area contributed by atoms with Crippen molar-refractivity contribution in [3.63, 3.8) is 0 Å². The Labute approximate surface area is 127 Å². The van der Waals surface area contributed by atoms with Crippen LogP contribution in [0.2, 0.25) is 0 Å². The number of benzene rings is 1. The Bertz CT molecular complexity index is 506. The van der Waals surface area contributed by atoms with Crippen molar-refractivity contribution in [3.8, 4) is 0 Å². The quantitative estimate of drug-likeness (QED) is 0.926. The second kappa shape index (κ2) is 6.61. The summed E-state index contributed by atoms with van der Waals surface area (Å²) >= 11 is 0. The SMILES string of the molecule is CCN(C(=O)c1ccc2c(c1)CNCC2)C1CCCCC1. The zero-order valence-corrected chi connectivity index (χ0v) is 13.0. The van der Waals surface area contributed by atoms with E-state index in [4.69, 9.17) is 0 Å². The van der Waals surface area contributed by atoms with E-state index >= 15 is 0 Å². The van der Waals surface area contributed by atoms with E-state index in [0.29, 0.717) is 6.04 Å². The van der Waals surface area contributed by atoms with Crippen molar-refractivity contribution in [3.05, 3.63) is 34.9 Å². The molecule has 0 atom stereocenters. The molecule has 1 aromatic rings. The van der Waals surface area contributed by atoms with Gasteiger partial charge in [-0.25, -0.2) is 0 Å². The van der Waals surface area contributed by atoms with Crippen molar-refractivity contribution in [2.45, 2.75) is 58.0 Å². The lowest BCUT2D eigenvalue weighted by Gasteiger charge is -2.34. The van der Waals surface area contributed by atoms with Crippen LogP contribution in [-0.4, -0.2) is 29.9 Å². The van der Waals surface area contributed by atoms with Gasteiger partial charge in [-0.1, -0.05) is 25.3 Å². The Hall–Kier alpha value is -1.35. The van der Waals surface area contributed by atoms with Gasteiger partial charge in [0.25, 0.3) is 5.91 Å². The first kappa shape index (κ1) is 14.6. The molecule has 21 heavy (non-hydrogen) atoms. The van der Waals surface area contributed by atoms with Gasteiger partial charge in [-0.15, -0.1) is 0 Å². The maximum atomic E-state index is 12.9. The monoisotopic (exact) mass is 286 g/mol. The van der Waals surface area contributed by atoms with Crippen LogP contribution in [0.4, 0.5) is 0 Å². The maximum Gasteiger partial charge on any atom is 0.254 e. The molecule has 2 aliphatic rings. The van der Waals surface area contributed by atoms with E-state index in [9.17, 15) is 4.79 Å². The number of nitrogens with one attached hydrogen (secondary N) is 1. The molecule has 1 heterocycles. The summed E-state index contributed by atoms with van der Waals surface area (Å²) < 4.78 is 0. The van der Waals surface area contributed by atoms with Crippen molar-refractivity contribution < 1.29 is 4.79 Å². The number of amides is 1. The standard InChI is InChI=1S/C18H26N2O/c1-2-20(17-6-4-3-5-7-17)18(21)15-9-8-14-10-11-19-13-16(14)12-15/h8-9,12,17,19H,2-7,10-11,13H2,1H3. The molecule has 3 heteroatoms. The first-order valence-electron chi connectivity index (χ1n) is 8.43. The van der Waals surface area contributed by atoms with Crippen LogP contribution in [0.15, 0.2) is 18.2 Å². The minimum Gasteiger partial charge on any atom is -0.336 e. The topological polar surface area (TPSA) is 32.3 Å². The van der Waals surface area contributed by atoms with Gasteiger partial charge >= 0.3 is 0 Å². The lowest BCUT2D eigenvalue weighted by Crippen LogP contribution is -2.41. The summed E-state index contributed by atoms with van der Waals surface area (Å²) in [5.41, 5.74) is 3.56. The smallest absolute Gasteiger partial charge is 0.254 e. The van der Waals surface area contributed by atoms with Gasteiger partial charge in [-0.3, -0.25) is 4.79 Å². The summed E-state index contributed by atoms with van der Waals surface area (Å²) in [5.74, 6) is 0.220. The molecule has 1 aliphatic carbocycles. The van der Waals surface area contributed by atoms with Crippen LogP contribution in [0.1, 0.15) is 60.5 Å². The zero-order chi connectivity index (χ0) is 14.7. The van der Waals surface area contributed by atoms with E-state index in [1.807, 2.05) is 6.07 Å². The number of carbonyl (C=O) groups excluding carboxylic acids is 1. The molecule has 0 bridgehead atoms. The second-order valence-electron chi connectivity index (χ2n) is 6.29. The Balaban J connectivity index is 1.79. The molecule has 3 nitrogen and oxygen atoms in total. The minimum atomic E-state index is 0.220. The Morgan fingerprint density at radius 3 is 2.81 bits per heavy atom. The Morgan fingerprint density at radius 2 is 2.05 bits per heavy atom. The van der Waals surface area contributed by atoms with Crippen LogP contribution in [0.3, 0.4) is 0 Å². The number of carbonyl (C=O) groups is 1. The summed E-state index contributed by atoms with van der Waals surface area (Å²) in [5, 5.41) is 3.39. The van der Waals surface area contributed by atoms with Gasteiger partial charge < -0.3 is 10.2 Å². The molecule has 1 N–H and O–H groups in total. The molecule has 0 aromatic heterocycles. The number of fused-ring (bicyclic) bond motifs is 1. The number of rotatable bonds is 3. The number of hydrogen-bond acceptors (Lipinski definition) is 2. The third-order valence-electron chi connectivity index (χ3n) is 4.96. The van der Waals surface area contributed by atoms with Crippen LogP contribution < -0.4 is 5.32 Å². The van der Waals surface area contributed by atoms with Crippen LogP contribution >= 0.6 is 0 Å². The lowest BCUT2D eigenvalue weighted by molar-refractivity contribution is 0.0648. The van der Waals surface area contributed by atoms with Gasteiger partial charge in [-0.2, -0.15) is 0 Å². The molecule has 1 saturated carbocycles. The van der Waals surface area contributed by atoms with E-state index in [0.717, 1.165) is 31.6 Å². The Morgan fingerprint density at radius 1 is 1.24 bits per heavy atom. The summed E-state index contributed by atoms with van der Waals surface area (Å²) in [7, 11) is 0. The average molecular weight is 286 g/mol. The lowest BCUT2D eigenvalue weighted by atomic mass is 9.93. The van der Waals surface area contributed by atoms with Gasteiger partial charge in [-0.05, 0) is 56.0 Å². The minimum absolute atomic E-state index is 0.220. The number of hydrogen-bond donors (Lipinski definition) is 1. The molecule has 1 aromatic carbocycles. The fraction of sp³-hybridized carbons (Fsp3) is 0.611. The predicted molar refractivity (Wildman–Crippen MR) is 85.4 cm³/mol. The van der Waals surface area contributed by atoms with Crippen LogP contribution in [-0.2, 0) is 13.0 Å². The number of nitrogens with zero attached hydrogens (tertiary/aromatic N) is 1. The van der Waals surface area contributed by atoms with Crippen molar-refractivity contribution in [2.75, 3.05) is 13.1 Å². The molecule has 0 unspecified atom stereocenters. The third-order valence-corrected chi connectivity index (χ3v) is 4.96. The summed E-state index contributed by atoms with van der Waals surface area (Å²) in [6.07, 6.45) is 7.28. The van der Waals surface area contributed by atoms with Gasteiger partial charge in [0.05, 0.1) is 0 Å². The van der Waals surface area contributed by atoms with Gasteiger partial charge in [0.15, 0.2) is 0 Å². The van der Waals surface area contributed by atoms with E-state index in [2.05, 4.69) is 29.3 Å². The summed E-state index contributed by atoms with van der Waals surface area (Å²) in [6.45, 7) is 4.86. The third kappa shape index (κ3) is 3.13. The fourth-order valence-corrected chi connectivity index (χ4v) is 3.74. The zero-order valence-electron chi connectivity index (χ0n) is 13.0. The van der Waals surface area contributed by atoms with Crippen molar-refractivity contribution in [2.24, 2.45) is 0 Å². The van der Waals surface area contributed by atoms with E-state index in [-0.39, 0.29) is 5.91 Å². The molecule has 0 spiro atoms. The first-order chi connectivity index (χ1) is 10.3. The van der Waals surface area contributed by atoms with E-state index in [1.165, 1.54) is 43.2 Å². The molecule has 1 fully saturated rings. The molecular weight excluding hydrogens is 260 g/mol. The van der Waals surface area contributed by atoms with Crippen LogP contribution in [0.5, 0.6) is 0 Å². The highest BCUT2D eigenvalue weighted by Crippen LogP contribution is 2.25. The first-order valence-corrected chi connectivity index (χ1v) is 8.43. The fourth-order valence-electron chi connectivity index (χ4n) is 3.74. The largest absolute Gasteiger partial charge is 0.336 e. The van der Waals surface area contributed by atoms with E-state index < -0.39 is 0 Å². The van der Waals surface area contributed by atoms with Crippen molar-refractivity contribution >= 4 is 5.91 Å². The van der Waals surface area contributed by atoms with Gasteiger partial charge in [0.2, 0.25) is 0 Å². The highest BCUT2D eigenvalue weighted by Gasteiger charge is 2.25. The van der Waals surface area contributed by atoms with Crippen molar-refractivity contribution in [1.29, 1.82) is 0 Å². The van der Waals surface area contributed by atoms with Gasteiger partial charge in [0, 0.05) is 24.7 Å². The summed E-state index contributed by atoms with van der Waals surface area (Å²) in [4.78, 5) is 15.0. The molecule has 3 rings (SSSR count). The predicted octanol–water partition coefficient (Wildman–Crippen LogP) is 3.13. The highest BCUT2D eigenvalue weighted by atomic mass is 16.2. The van der Waals surface area contributed by atoms with E-state index in [1.54, 1.807) is 0 Å². The molecular formula is C18H26N2O. The molecule has 0 saturated heterocycles. The second-order valence-corrected chi connectivity index (χ2v) is 6.29.